The quantitative estimate of drug-likeness (QED) is 0.639. The second-order valence-corrected chi connectivity index (χ2v) is 4.55. The Morgan fingerprint density at radius 2 is 1.73 bits per heavy atom. The molecule has 2 rings (SSSR count). The van der Waals surface area contributed by atoms with E-state index in [9.17, 15) is 0 Å². The topological polar surface area (TPSA) is 0 Å². The van der Waals surface area contributed by atoms with Gasteiger partial charge in [0.25, 0.3) is 0 Å². The molecule has 1 aliphatic carbocycles. The minimum absolute atomic E-state index is 1.16. The normalized spacial score (nSPS) is 16.5. The van der Waals surface area contributed by atoms with Crippen LogP contribution >= 0.6 is 0 Å². The first-order valence-electron chi connectivity index (χ1n) is 5.88. The van der Waals surface area contributed by atoms with E-state index in [1.165, 1.54) is 23.1 Å². The van der Waals surface area contributed by atoms with Crippen molar-refractivity contribution in [2.75, 3.05) is 0 Å². The maximum absolute atomic E-state index is 2.27. The van der Waals surface area contributed by atoms with Gasteiger partial charge in [0, 0.05) is 0 Å². The Balaban J connectivity index is 2.76. The monoisotopic (exact) mass is 200 g/mol. The molecule has 0 bridgehead atoms. The largest absolute Gasteiger partial charge is 0.0835 e. The Hall–Kier alpha value is -1.04. The van der Waals surface area contributed by atoms with Gasteiger partial charge in [-0.1, -0.05) is 13.0 Å². The lowest BCUT2D eigenvalue weighted by molar-refractivity contribution is 0.996. The maximum Gasteiger partial charge on any atom is -0.00140 e. The SMILES string of the molecule is CC=C1Cc2c(C)c(C)c(C)c(CC)c21. The molecule has 1 aromatic carbocycles. The van der Waals surface area contributed by atoms with Crippen LogP contribution in [0.5, 0.6) is 0 Å². The summed E-state index contributed by atoms with van der Waals surface area (Å²) in [5, 5.41) is 0. The molecule has 0 aromatic heterocycles. The average molecular weight is 200 g/mol. The molecule has 0 heterocycles. The first-order chi connectivity index (χ1) is 7.11. The maximum atomic E-state index is 2.27. The van der Waals surface area contributed by atoms with Crippen LogP contribution in [-0.2, 0) is 12.8 Å². The summed E-state index contributed by atoms with van der Waals surface area (Å²) in [6.45, 7) is 11.2. The highest BCUT2D eigenvalue weighted by Gasteiger charge is 2.26. The van der Waals surface area contributed by atoms with E-state index in [1.54, 1.807) is 22.3 Å². The van der Waals surface area contributed by atoms with Gasteiger partial charge in [0.1, 0.15) is 0 Å². The minimum atomic E-state index is 1.16. The van der Waals surface area contributed by atoms with Gasteiger partial charge < -0.3 is 0 Å². The predicted molar refractivity (Wildman–Crippen MR) is 67.4 cm³/mol. The summed E-state index contributed by atoms with van der Waals surface area (Å²) in [7, 11) is 0. The highest BCUT2D eigenvalue weighted by molar-refractivity contribution is 5.84. The molecule has 0 heteroatoms. The number of rotatable bonds is 1. The van der Waals surface area contributed by atoms with Crippen molar-refractivity contribution in [1.82, 2.24) is 0 Å². The molecule has 0 saturated carbocycles. The van der Waals surface area contributed by atoms with E-state index >= 15 is 0 Å². The van der Waals surface area contributed by atoms with Gasteiger partial charge in [-0.05, 0) is 79.5 Å². The number of allylic oxidation sites excluding steroid dienone is 2. The molecule has 0 fully saturated rings. The third kappa shape index (κ3) is 1.27. The minimum Gasteiger partial charge on any atom is -0.0835 e. The van der Waals surface area contributed by atoms with Crippen LogP contribution in [0, 0.1) is 20.8 Å². The Kier molecular flexibility index (Phi) is 2.46. The van der Waals surface area contributed by atoms with Gasteiger partial charge in [0.05, 0.1) is 0 Å². The number of hydrogen-bond donors (Lipinski definition) is 0. The molecule has 0 aliphatic heterocycles. The molecule has 1 aromatic rings. The zero-order valence-electron chi connectivity index (χ0n) is 10.5. The second-order valence-electron chi connectivity index (χ2n) is 4.55. The molecule has 1 aliphatic rings. The Morgan fingerprint density at radius 3 is 2.27 bits per heavy atom. The predicted octanol–water partition coefficient (Wildman–Crippen LogP) is 4.13. The van der Waals surface area contributed by atoms with Crippen molar-refractivity contribution >= 4 is 5.57 Å². The Bertz CT molecular complexity index is 448. The molecule has 0 unspecified atom stereocenters. The van der Waals surface area contributed by atoms with E-state index in [2.05, 4.69) is 40.7 Å². The van der Waals surface area contributed by atoms with Crippen molar-refractivity contribution in [3.63, 3.8) is 0 Å². The fourth-order valence-electron chi connectivity index (χ4n) is 2.76. The van der Waals surface area contributed by atoms with Crippen LogP contribution < -0.4 is 0 Å². The van der Waals surface area contributed by atoms with E-state index in [-0.39, 0.29) is 0 Å². The van der Waals surface area contributed by atoms with Crippen LogP contribution in [0.3, 0.4) is 0 Å². The van der Waals surface area contributed by atoms with Crippen LogP contribution in [0.2, 0.25) is 0 Å². The lowest BCUT2D eigenvalue weighted by Crippen LogP contribution is -2.16. The van der Waals surface area contributed by atoms with Crippen molar-refractivity contribution in [2.45, 2.75) is 47.5 Å². The van der Waals surface area contributed by atoms with Gasteiger partial charge in [-0.25, -0.2) is 0 Å². The third-order valence-electron chi connectivity index (χ3n) is 4.02. The van der Waals surface area contributed by atoms with Crippen molar-refractivity contribution in [2.24, 2.45) is 0 Å². The van der Waals surface area contributed by atoms with Crippen molar-refractivity contribution < 1.29 is 0 Å². The molecule has 0 saturated heterocycles. The average Bonchev–Trinajstić information content (AvgIpc) is 2.20. The summed E-state index contributed by atoms with van der Waals surface area (Å²) in [5.74, 6) is 0. The van der Waals surface area contributed by atoms with Crippen LogP contribution in [0.15, 0.2) is 6.08 Å². The number of fused-ring (bicyclic) bond motifs is 1. The van der Waals surface area contributed by atoms with Gasteiger partial charge in [-0.2, -0.15) is 0 Å². The fraction of sp³-hybridized carbons (Fsp3) is 0.467. The standard InChI is InChI=1S/C15H20/c1-6-12-8-14-11(5)9(3)10(4)13(7-2)15(12)14/h6H,7-8H2,1-5H3. The zero-order valence-corrected chi connectivity index (χ0v) is 10.5. The van der Waals surface area contributed by atoms with E-state index in [0.29, 0.717) is 0 Å². The van der Waals surface area contributed by atoms with Crippen molar-refractivity contribution in [1.29, 1.82) is 0 Å². The van der Waals surface area contributed by atoms with Crippen LogP contribution in [0.4, 0.5) is 0 Å². The summed E-state index contributed by atoms with van der Waals surface area (Å²) < 4.78 is 0. The summed E-state index contributed by atoms with van der Waals surface area (Å²) >= 11 is 0. The smallest absolute Gasteiger partial charge is 0.00140 e. The van der Waals surface area contributed by atoms with Gasteiger partial charge in [-0.3, -0.25) is 0 Å². The zero-order chi connectivity index (χ0) is 11.2. The highest BCUT2D eigenvalue weighted by atomic mass is 14.3. The second kappa shape index (κ2) is 3.52. The molecule has 0 radical (unpaired) electrons. The van der Waals surface area contributed by atoms with Gasteiger partial charge in [0.2, 0.25) is 0 Å². The van der Waals surface area contributed by atoms with E-state index in [0.717, 1.165) is 6.42 Å². The molecule has 0 nitrogen and oxygen atoms in total. The van der Waals surface area contributed by atoms with Gasteiger partial charge in [-0.15, -0.1) is 0 Å². The highest BCUT2D eigenvalue weighted by Crippen LogP contribution is 2.42. The van der Waals surface area contributed by atoms with Crippen LogP contribution in [-0.4, -0.2) is 0 Å². The number of benzene rings is 1. The fourth-order valence-corrected chi connectivity index (χ4v) is 2.76. The van der Waals surface area contributed by atoms with Crippen LogP contribution in [0.1, 0.15) is 47.2 Å². The molecular weight excluding hydrogens is 180 g/mol. The summed E-state index contributed by atoms with van der Waals surface area (Å²) in [5.41, 5.74) is 10.8. The lowest BCUT2D eigenvalue weighted by Gasteiger charge is -2.31. The molecule has 0 amide bonds. The van der Waals surface area contributed by atoms with E-state index in [1.807, 2.05) is 0 Å². The third-order valence-corrected chi connectivity index (χ3v) is 4.02. The van der Waals surface area contributed by atoms with E-state index < -0.39 is 0 Å². The Labute approximate surface area is 93.0 Å². The Morgan fingerprint density at radius 1 is 1.07 bits per heavy atom. The van der Waals surface area contributed by atoms with Gasteiger partial charge >= 0.3 is 0 Å². The first-order valence-corrected chi connectivity index (χ1v) is 5.88. The van der Waals surface area contributed by atoms with Gasteiger partial charge in [0.15, 0.2) is 0 Å². The van der Waals surface area contributed by atoms with Crippen molar-refractivity contribution in [3.05, 3.63) is 39.5 Å². The molecule has 0 atom stereocenters. The molecule has 0 N–H and O–H groups in total. The van der Waals surface area contributed by atoms with Crippen molar-refractivity contribution in [3.8, 4) is 0 Å². The summed E-state index contributed by atoms with van der Waals surface area (Å²) in [6.07, 6.45) is 4.62. The molecule has 80 valence electrons. The summed E-state index contributed by atoms with van der Waals surface area (Å²) in [4.78, 5) is 0. The summed E-state index contributed by atoms with van der Waals surface area (Å²) in [6, 6.07) is 0. The lowest BCUT2D eigenvalue weighted by atomic mass is 9.73. The van der Waals surface area contributed by atoms with E-state index in [4.69, 9.17) is 0 Å². The number of hydrogen-bond acceptors (Lipinski definition) is 0. The molecule has 0 spiro atoms. The first kappa shape index (κ1) is 10.5. The molecular formula is C15H20. The molecule has 15 heavy (non-hydrogen) atoms. The van der Waals surface area contributed by atoms with Crippen LogP contribution in [0.25, 0.3) is 5.57 Å².